The number of hydrogen-bond donors (Lipinski definition) is 1. The number of ether oxygens (including phenoxy) is 1. The maximum absolute atomic E-state index is 12.0. The summed E-state index contributed by atoms with van der Waals surface area (Å²) in [6, 6.07) is 6.10. The lowest BCUT2D eigenvalue weighted by molar-refractivity contribution is -0.136. The number of aryl methyl sites for hydroxylation is 1. The van der Waals surface area contributed by atoms with E-state index in [-0.39, 0.29) is 11.8 Å². The number of rotatable bonds is 5. The highest BCUT2D eigenvalue weighted by atomic mass is 16.5. The van der Waals surface area contributed by atoms with Crippen molar-refractivity contribution in [2.45, 2.75) is 20.4 Å². The van der Waals surface area contributed by atoms with Gasteiger partial charge in [0, 0.05) is 26.7 Å². The predicted molar refractivity (Wildman–Crippen MR) is 75.2 cm³/mol. The first kappa shape index (κ1) is 13.9. The Balaban J connectivity index is 1.98. The van der Waals surface area contributed by atoms with E-state index >= 15 is 0 Å². The van der Waals surface area contributed by atoms with Gasteiger partial charge in [0.05, 0.1) is 12.5 Å². The van der Waals surface area contributed by atoms with Crippen LogP contribution in [0.5, 0.6) is 5.75 Å². The molecule has 4 heteroatoms. The average Bonchev–Trinajstić information content (AvgIpc) is 2.30. The van der Waals surface area contributed by atoms with Crippen molar-refractivity contribution in [2.24, 2.45) is 5.92 Å². The molecule has 0 saturated carbocycles. The third-order valence-corrected chi connectivity index (χ3v) is 3.47. The van der Waals surface area contributed by atoms with Crippen molar-refractivity contribution in [1.29, 1.82) is 0 Å². The summed E-state index contributed by atoms with van der Waals surface area (Å²) in [5, 5.41) is 3.13. The van der Waals surface area contributed by atoms with E-state index < -0.39 is 0 Å². The van der Waals surface area contributed by atoms with Crippen LogP contribution in [-0.2, 0) is 11.3 Å². The lowest BCUT2D eigenvalue weighted by atomic mass is 10.0. The van der Waals surface area contributed by atoms with Gasteiger partial charge in [0.15, 0.2) is 0 Å². The summed E-state index contributed by atoms with van der Waals surface area (Å²) in [5.74, 6) is 1.31. The van der Waals surface area contributed by atoms with E-state index in [0.717, 1.165) is 30.0 Å². The van der Waals surface area contributed by atoms with Gasteiger partial charge in [-0.2, -0.15) is 0 Å². The fraction of sp³-hybridized carbons (Fsp3) is 0.533. The number of benzene rings is 1. The van der Waals surface area contributed by atoms with Crippen molar-refractivity contribution in [3.05, 3.63) is 29.3 Å². The molecule has 0 aliphatic carbocycles. The second kappa shape index (κ2) is 6.06. The molecule has 19 heavy (non-hydrogen) atoms. The Bertz CT molecular complexity index is 455. The van der Waals surface area contributed by atoms with Gasteiger partial charge in [-0.25, -0.2) is 0 Å². The number of carbonyl (C=O) groups is 1. The van der Waals surface area contributed by atoms with Gasteiger partial charge in [0.1, 0.15) is 5.75 Å². The van der Waals surface area contributed by atoms with Crippen LogP contribution in [0.25, 0.3) is 0 Å². The van der Waals surface area contributed by atoms with Crippen LogP contribution in [0.4, 0.5) is 0 Å². The van der Waals surface area contributed by atoms with Crippen LogP contribution in [0.15, 0.2) is 18.2 Å². The molecule has 1 amide bonds. The van der Waals surface area contributed by atoms with Crippen LogP contribution in [0.2, 0.25) is 0 Å². The SMILES string of the molecule is CCOc1ccc(CN(C)C(=O)C2CNC2)cc1C. The van der Waals surface area contributed by atoms with Crippen molar-refractivity contribution in [3.8, 4) is 5.75 Å². The highest BCUT2D eigenvalue weighted by molar-refractivity contribution is 5.79. The monoisotopic (exact) mass is 262 g/mol. The van der Waals surface area contributed by atoms with Crippen molar-refractivity contribution in [3.63, 3.8) is 0 Å². The normalized spacial score (nSPS) is 14.9. The Morgan fingerprint density at radius 2 is 2.21 bits per heavy atom. The molecule has 1 aromatic carbocycles. The highest BCUT2D eigenvalue weighted by Gasteiger charge is 2.27. The van der Waals surface area contributed by atoms with E-state index in [9.17, 15) is 4.79 Å². The third-order valence-electron chi connectivity index (χ3n) is 3.47. The van der Waals surface area contributed by atoms with Crippen LogP contribution in [0.1, 0.15) is 18.1 Å². The Morgan fingerprint density at radius 1 is 1.47 bits per heavy atom. The highest BCUT2D eigenvalue weighted by Crippen LogP contribution is 2.20. The second-order valence-electron chi connectivity index (χ2n) is 5.08. The van der Waals surface area contributed by atoms with Gasteiger partial charge in [0.25, 0.3) is 0 Å². The summed E-state index contributed by atoms with van der Waals surface area (Å²) in [5.41, 5.74) is 2.26. The van der Waals surface area contributed by atoms with E-state index in [4.69, 9.17) is 4.74 Å². The molecule has 0 atom stereocenters. The molecule has 1 fully saturated rings. The number of nitrogens with zero attached hydrogens (tertiary/aromatic N) is 1. The maximum Gasteiger partial charge on any atom is 0.228 e. The fourth-order valence-electron chi connectivity index (χ4n) is 2.25. The molecule has 1 aromatic rings. The van der Waals surface area contributed by atoms with Crippen LogP contribution in [-0.4, -0.2) is 37.6 Å². The quantitative estimate of drug-likeness (QED) is 0.876. The fourth-order valence-corrected chi connectivity index (χ4v) is 2.25. The summed E-state index contributed by atoms with van der Waals surface area (Å²) in [6.45, 7) is 6.96. The first-order chi connectivity index (χ1) is 9.11. The summed E-state index contributed by atoms with van der Waals surface area (Å²) in [6.07, 6.45) is 0. The average molecular weight is 262 g/mol. The molecule has 0 bridgehead atoms. The minimum Gasteiger partial charge on any atom is -0.494 e. The van der Waals surface area contributed by atoms with Crippen molar-refractivity contribution < 1.29 is 9.53 Å². The molecule has 0 unspecified atom stereocenters. The third kappa shape index (κ3) is 3.26. The van der Waals surface area contributed by atoms with E-state index in [1.807, 2.05) is 33.0 Å². The van der Waals surface area contributed by atoms with E-state index in [1.165, 1.54) is 0 Å². The lowest BCUT2D eigenvalue weighted by Gasteiger charge is -2.30. The molecule has 1 N–H and O–H groups in total. The summed E-state index contributed by atoms with van der Waals surface area (Å²) in [4.78, 5) is 13.9. The first-order valence-corrected chi connectivity index (χ1v) is 6.79. The summed E-state index contributed by atoms with van der Waals surface area (Å²) < 4.78 is 5.52. The largest absolute Gasteiger partial charge is 0.494 e. The van der Waals surface area contributed by atoms with Crippen molar-refractivity contribution in [1.82, 2.24) is 10.2 Å². The minimum atomic E-state index is 0.161. The molecule has 1 aliphatic rings. The topological polar surface area (TPSA) is 41.6 Å². The van der Waals surface area contributed by atoms with Crippen molar-refractivity contribution >= 4 is 5.91 Å². The molecule has 104 valence electrons. The van der Waals surface area contributed by atoms with Gasteiger partial charge in [-0.3, -0.25) is 4.79 Å². The van der Waals surface area contributed by atoms with Crippen LogP contribution in [0.3, 0.4) is 0 Å². The van der Waals surface area contributed by atoms with Crippen LogP contribution >= 0.6 is 0 Å². The second-order valence-corrected chi connectivity index (χ2v) is 5.08. The Labute approximate surface area is 114 Å². The Hall–Kier alpha value is -1.55. The Kier molecular flexibility index (Phi) is 4.43. The number of carbonyl (C=O) groups excluding carboxylic acids is 1. The van der Waals surface area contributed by atoms with E-state index in [2.05, 4.69) is 11.4 Å². The zero-order valence-electron chi connectivity index (χ0n) is 11.9. The standard InChI is InChI=1S/C15H22N2O2/c1-4-19-14-6-5-12(7-11(14)2)10-17(3)15(18)13-8-16-9-13/h5-7,13,16H,4,8-10H2,1-3H3. The van der Waals surface area contributed by atoms with Gasteiger partial charge in [-0.15, -0.1) is 0 Å². The molecular formula is C15H22N2O2. The molecule has 0 aromatic heterocycles. The molecule has 1 saturated heterocycles. The predicted octanol–water partition coefficient (Wildman–Crippen LogP) is 1.57. The minimum absolute atomic E-state index is 0.161. The molecule has 0 radical (unpaired) electrons. The van der Waals surface area contributed by atoms with Gasteiger partial charge in [-0.05, 0) is 31.0 Å². The molecule has 4 nitrogen and oxygen atoms in total. The van der Waals surface area contributed by atoms with Crippen LogP contribution < -0.4 is 10.1 Å². The molecule has 2 rings (SSSR count). The number of amides is 1. The van der Waals surface area contributed by atoms with E-state index in [1.54, 1.807) is 4.90 Å². The van der Waals surface area contributed by atoms with Gasteiger partial charge in [0.2, 0.25) is 5.91 Å². The van der Waals surface area contributed by atoms with Gasteiger partial charge >= 0.3 is 0 Å². The molecule has 1 heterocycles. The van der Waals surface area contributed by atoms with Gasteiger partial charge in [-0.1, -0.05) is 12.1 Å². The smallest absolute Gasteiger partial charge is 0.228 e. The lowest BCUT2D eigenvalue weighted by Crippen LogP contribution is -2.50. The maximum atomic E-state index is 12.0. The van der Waals surface area contributed by atoms with E-state index in [0.29, 0.717) is 13.2 Å². The summed E-state index contributed by atoms with van der Waals surface area (Å²) >= 11 is 0. The van der Waals surface area contributed by atoms with Crippen molar-refractivity contribution in [2.75, 3.05) is 26.7 Å². The number of nitrogens with one attached hydrogen (secondary N) is 1. The zero-order valence-corrected chi connectivity index (χ0v) is 11.9. The zero-order chi connectivity index (χ0) is 13.8. The summed E-state index contributed by atoms with van der Waals surface area (Å²) in [7, 11) is 1.87. The molecule has 0 spiro atoms. The molecule has 1 aliphatic heterocycles. The number of hydrogen-bond acceptors (Lipinski definition) is 3. The first-order valence-electron chi connectivity index (χ1n) is 6.79. The van der Waals surface area contributed by atoms with Gasteiger partial charge < -0.3 is 15.0 Å². The molecular weight excluding hydrogens is 240 g/mol. The Morgan fingerprint density at radius 3 is 2.74 bits per heavy atom. The van der Waals surface area contributed by atoms with Crippen LogP contribution in [0, 0.1) is 12.8 Å².